The van der Waals surface area contributed by atoms with Crippen molar-refractivity contribution < 1.29 is 8.78 Å². The number of alkyl halides is 2. The maximum atomic E-state index is 13.2. The molecule has 1 saturated carbocycles. The van der Waals surface area contributed by atoms with Crippen LogP contribution in [0.5, 0.6) is 0 Å². The van der Waals surface area contributed by atoms with Gasteiger partial charge in [-0.15, -0.1) is 0 Å². The van der Waals surface area contributed by atoms with Crippen LogP contribution in [-0.2, 0) is 10.8 Å². The molecule has 0 aromatic carbocycles. The van der Waals surface area contributed by atoms with Gasteiger partial charge in [0.2, 0.25) is 5.92 Å². The van der Waals surface area contributed by atoms with Crippen LogP contribution in [0.2, 0.25) is 0 Å². The zero-order chi connectivity index (χ0) is 12.9. The fourth-order valence-electron chi connectivity index (χ4n) is 2.64. The van der Waals surface area contributed by atoms with E-state index in [-0.39, 0.29) is 24.8 Å². The molecule has 0 saturated heterocycles. The van der Waals surface area contributed by atoms with Crippen LogP contribution in [0.4, 0.5) is 8.78 Å². The lowest BCUT2D eigenvalue weighted by Gasteiger charge is -2.47. The highest BCUT2D eigenvalue weighted by atomic mass is 19.3. The van der Waals surface area contributed by atoms with Crippen LogP contribution in [0, 0.1) is 0 Å². The third-order valence-corrected chi connectivity index (χ3v) is 3.55. The smallest absolute Gasteiger partial charge is 0.250 e. The molecule has 2 rings (SSSR count). The number of nitrogens with one attached hydrogen (secondary N) is 1. The van der Waals surface area contributed by atoms with E-state index in [0.717, 1.165) is 11.3 Å². The highest BCUT2D eigenvalue weighted by molar-refractivity contribution is 5.36. The monoisotopic (exact) mass is 243 g/mol. The number of nitrogens with two attached hydrogens (primary N) is 1. The fraction of sp³-hybridized carbons (Fsp3) is 0.750. The second-order valence-corrected chi connectivity index (χ2v) is 6.10. The van der Waals surface area contributed by atoms with Gasteiger partial charge in [0.1, 0.15) is 0 Å². The summed E-state index contributed by atoms with van der Waals surface area (Å²) >= 11 is 0. The van der Waals surface area contributed by atoms with Crippen LogP contribution in [0.1, 0.15) is 44.9 Å². The minimum absolute atomic E-state index is 0.140. The minimum atomic E-state index is -2.58. The molecule has 3 N–H and O–H groups in total. The first-order valence-corrected chi connectivity index (χ1v) is 5.82. The molecule has 1 aliphatic carbocycles. The summed E-state index contributed by atoms with van der Waals surface area (Å²) < 4.78 is 26.3. The Balaban J connectivity index is 2.38. The van der Waals surface area contributed by atoms with Crippen molar-refractivity contribution in [3.63, 3.8) is 0 Å². The second-order valence-electron chi connectivity index (χ2n) is 6.10. The average molecular weight is 243 g/mol. The van der Waals surface area contributed by atoms with Crippen LogP contribution >= 0.6 is 0 Å². The number of H-pyrrole nitrogens is 1. The Labute approximate surface area is 99.8 Å². The molecule has 5 heteroatoms. The summed E-state index contributed by atoms with van der Waals surface area (Å²) in [5, 5.41) is 6.94. The zero-order valence-corrected chi connectivity index (χ0v) is 10.5. The van der Waals surface area contributed by atoms with E-state index in [0.29, 0.717) is 0 Å². The molecule has 0 spiro atoms. The highest BCUT2D eigenvalue weighted by Gasteiger charge is 2.58. The molecule has 1 aliphatic rings. The first kappa shape index (κ1) is 12.5. The summed E-state index contributed by atoms with van der Waals surface area (Å²) in [6.45, 7) is 6.34. The van der Waals surface area contributed by atoms with Crippen LogP contribution < -0.4 is 5.73 Å². The van der Waals surface area contributed by atoms with Gasteiger partial charge in [-0.3, -0.25) is 5.10 Å². The molecule has 17 heavy (non-hydrogen) atoms. The maximum absolute atomic E-state index is 13.2. The van der Waals surface area contributed by atoms with Crippen molar-refractivity contribution in [1.29, 1.82) is 0 Å². The van der Waals surface area contributed by atoms with Crippen LogP contribution in [0.15, 0.2) is 6.20 Å². The van der Waals surface area contributed by atoms with E-state index in [1.54, 1.807) is 6.20 Å². The SMILES string of the molecule is CC(C)(C)c1[nH]ncc1C1(CN)CC(F)(F)C1. The van der Waals surface area contributed by atoms with Gasteiger partial charge < -0.3 is 5.73 Å². The number of hydrogen-bond acceptors (Lipinski definition) is 2. The zero-order valence-electron chi connectivity index (χ0n) is 10.5. The van der Waals surface area contributed by atoms with Crippen LogP contribution in [0.3, 0.4) is 0 Å². The number of rotatable bonds is 2. The van der Waals surface area contributed by atoms with Crippen molar-refractivity contribution >= 4 is 0 Å². The van der Waals surface area contributed by atoms with Crippen molar-refractivity contribution in [3.05, 3.63) is 17.5 Å². The highest BCUT2D eigenvalue weighted by Crippen LogP contribution is 2.54. The molecular weight excluding hydrogens is 224 g/mol. The largest absolute Gasteiger partial charge is 0.330 e. The summed E-state index contributed by atoms with van der Waals surface area (Å²) in [7, 11) is 0. The van der Waals surface area contributed by atoms with Crippen molar-refractivity contribution in [2.45, 2.75) is 50.4 Å². The van der Waals surface area contributed by atoms with E-state index in [1.807, 2.05) is 20.8 Å². The van der Waals surface area contributed by atoms with Gasteiger partial charge in [0.15, 0.2) is 0 Å². The third kappa shape index (κ3) is 1.97. The normalized spacial score (nSPS) is 22.2. The molecule has 1 fully saturated rings. The molecule has 1 heterocycles. The van der Waals surface area contributed by atoms with E-state index >= 15 is 0 Å². The van der Waals surface area contributed by atoms with Crippen molar-refractivity contribution in [2.24, 2.45) is 5.73 Å². The predicted octanol–water partition coefficient (Wildman–Crippen LogP) is 2.33. The lowest BCUT2D eigenvalue weighted by molar-refractivity contribution is -0.124. The van der Waals surface area contributed by atoms with Gasteiger partial charge in [0.25, 0.3) is 0 Å². The van der Waals surface area contributed by atoms with E-state index in [9.17, 15) is 8.78 Å². The molecule has 0 atom stereocenters. The average Bonchev–Trinajstić information content (AvgIpc) is 2.60. The molecular formula is C12H19F2N3. The third-order valence-electron chi connectivity index (χ3n) is 3.55. The molecule has 0 radical (unpaired) electrons. The van der Waals surface area contributed by atoms with Crippen molar-refractivity contribution in [1.82, 2.24) is 10.2 Å². The molecule has 3 nitrogen and oxygen atoms in total. The summed E-state index contributed by atoms with van der Waals surface area (Å²) in [4.78, 5) is 0. The van der Waals surface area contributed by atoms with E-state index in [2.05, 4.69) is 10.2 Å². The number of halogens is 2. The van der Waals surface area contributed by atoms with Gasteiger partial charge in [-0.25, -0.2) is 8.78 Å². The van der Waals surface area contributed by atoms with Crippen molar-refractivity contribution in [3.8, 4) is 0 Å². The van der Waals surface area contributed by atoms with Gasteiger partial charge in [0.05, 0.1) is 6.20 Å². The van der Waals surface area contributed by atoms with Crippen LogP contribution in [0.25, 0.3) is 0 Å². The van der Waals surface area contributed by atoms with Gasteiger partial charge in [-0.1, -0.05) is 20.8 Å². The molecule has 0 bridgehead atoms. The number of aromatic amines is 1. The molecule has 1 aromatic heterocycles. The lowest BCUT2D eigenvalue weighted by atomic mass is 9.61. The first-order chi connectivity index (χ1) is 7.70. The van der Waals surface area contributed by atoms with Gasteiger partial charge >= 0.3 is 0 Å². The van der Waals surface area contributed by atoms with E-state index < -0.39 is 11.3 Å². The van der Waals surface area contributed by atoms with E-state index in [1.165, 1.54) is 0 Å². The summed E-state index contributed by atoms with van der Waals surface area (Å²) in [5.74, 6) is -2.58. The Morgan fingerprint density at radius 1 is 1.41 bits per heavy atom. The summed E-state index contributed by atoms with van der Waals surface area (Å²) in [5.41, 5.74) is 6.76. The quantitative estimate of drug-likeness (QED) is 0.837. The molecule has 0 amide bonds. The first-order valence-electron chi connectivity index (χ1n) is 5.82. The number of aromatic nitrogens is 2. The topological polar surface area (TPSA) is 54.7 Å². The molecule has 96 valence electrons. The Kier molecular flexibility index (Phi) is 2.58. The van der Waals surface area contributed by atoms with E-state index in [4.69, 9.17) is 5.73 Å². The second kappa shape index (κ2) is 3.51. The molecule has 0 unspecified atom stereocenters. The lowest BCUT2D eigenvalue weighted by Crippen LogP contribution is -2.54. The molecule has 1 aromatic rings. The number of nitrogens with zero attached hydrogens (tertiary/aromatic N) is 1. The van der Waals surface area contributed by atoms with Crippen molar-refractivity contribution in [2.75, 3.05) is 6.54 Å². The summed E-state index contributed by atoms with van der Waals surface area (Å²) in [6.07, 6.45) is 1.32. The Bertz CT molecular complexity index is 410. The van der Waals surface area contributed by atoms with Crippen LogP contribution in [-0.4, -0.2) is 22.7 Å². The van der Waals surface area contributed by atoms with Gasteiger partial charge in [-0.2, -0.15) is 5.10 Å². The maximum Gasteiger partial charge on any atom is 0.250 e. The molecule has 0 aliphatic heterocycles. The van der Waals surface area contributed by atoms with Gasteiger partial charge in [-0.05, 0) is 0 Å². The minimum Gasteiger partial charge on any atom is -0.330 e. The standard InChI is InChI=1S/C12H19F2N3/c1-10(2,3)9-8(4-16-17-9)11(7-15)5-12(13,14)6-11/h4H,5-7,15H2,1-3H3,(H,16,17). The number of hydrogen-bond donors (Lipinski definition) is 2. The Hall–Kier alpha value is -0.970. The predicted molar refractivity (Wildman–Crippen MR) is 62.2 cm³/mol. The Morgan fingerprint density at radius 2 is 2.00 bits per heavy atom. The Morgan fingerprint density at radius 3 is 2.41 bits per heavy atom. The van der Waals surface area contributed by atoms with Gasteiger partial charge in [0, 0.05) is 41.5 Å². The fourth-order valence-corrected chi connectivity index (χ4v) is 2.64. The summed E-state index contributed by atoms with van der Waals surface area (Å²) in [6, 6.07) is 0.